The first-order chi connectivity index (χ1) is 8.88. The fourth-order valence-corrected chi connectivity index (χ4v) is 3.63. The van der Waals surface area contributed by atoms with E-state index in [1.54, 1.807) is 6.07 Å². The molecule has 1 amide bonds. The Kier molecular flexibility index (Phi) is 4.24. The van der Waals surface area contributed by atoms with Gasteiger partial charge in [-0.1, -0.05) is 6.92 Å². The minimum atomic E-state index is -3.66. The minimum absolute atomic E-state index is 0.0993. The molecule has 2 atom stereocenters. The highest BCUT2D eigenvalue weighted by atomic mass is 32.2. The maximum atomic E-state index is 11.9. The molecule has 8 heteroatoms. The van der Waals surface area contributed by atoms with Crippen LogP contribution in [0.2, 0.25) is 0 Å². The lowest BCUT2D eigenvalue weighted by Crippen LogP contribution is -2.36. The molecule has 0 bridgehead atoms. The summed E-state index contributed by atoms with van der Waals surface area (Å²) in [6.45, 7) is 2.86. The lowest BCUT2D eigenvalue weighted by molar-refractivity contribution is -0.131. The Hall–Kier alpha value is -0.960. The van der Waals surface area contributed by atoms with E-state index in [0.29, 0.717) is 6.61 Å². The highest BCUT2D eigenvalue weighted by Gasteiger charge is 2.30. The van der Waals surface area contributed by atoms with Crippen molar-refractivity contribution in [3.8, 4) is 0 Å². The summed E-state index contributed by atoms with van der Waals surface area (Å²) in [5.74, 6) is 0.0545. The van der Waals surface area contributed by atoms with Crippen molar-refractivity contribution in [1.29, 1.82) is 0 Å². The van der Waals surface area contributed by atoms with Crippen LogP contribution in [0.3, 0.4) is 0 Å². The van der Waals surface area contributed by atoms with Crippen molar-refractivity contribution in [3.63, 3.8) is 0 Å². The number of ether oxygens (including phenoxy) is 1. The van der Waals surface area contributed by atoms with Gasteiger partial charge in [0.1, 0.15) is 10.3 Å². The van der Waals surface area contributed by atoms with Gasteiger partial charge in [0.05, 0.1) is 6.54 Å². The molecule has 1 aromatic rings. The summed E-state index contributed by atoms with van der Waals surface area (Å²) in [6, 6.07) is 3.08. The van der Waals surface area contributed by atoms with Crippen LogP contribution in [0.5, 0.6) is 0 Å². The van der Waals surface area contributed by atoms with E-state index >= 15 is 0 Å². The van der Waals surface area contributed by atoms with Crippen molar-refractivity contribution in [2.75, 3.05) is 6.61 Å². The molecule has 2 rings (SSSR count). The molecule has 106 valence electrons. The second kappa shape index (κ2) is 5.58. The zero-order valence-electron chi connectivity index (χ0n) is 10.5. The summed E-state index contributed by atoms with van der Waals surface area (Å²) in [6.07, 6.45) is 0.477. The van der Waals surface area contributed by atoms with Crippen LogP contribution >= 0.6 is 11.3 Å². The van der Waals surface area contributed by atoms with E-state index < -0.39 is 16.1 Å². The number of thiophene rings is 1. The Morgan fingerprint density at radius 2 is 2.32 bits per heavy atom. The summed E-state index contributed by atoms with van der Waals surface area (Å²) >= 11 is 1.06. The average molecular weight is 304 g/mol. The standard InChI is InChI=1S/C11H16N2O4S2/c1-7-4-5-17-10(7)11(14)13-6-8-2-3-9(18-8)19(12,15)16/h2-3,7,10H,4-6H2,1H3,(H,13,14)(H2,12,15,16). The molecule has 2 unspecified atom stereocenters. The highest BCUT2D eigenvalue weighted by Crippen LogP contribution is 2.22. The number of carbonyl (C=O) groups excluding carboxylic acids is 1. The van der Waals surface area contributed by atoms with Gasteiger partial charge in [-0.25, -0.2) is 13.6 Å². The molecule has 6 nitrogen and oxygen atoms in total. The average Bonchev–Trinajstić information content (AvgIpc) is 2.93. The zero-order chi connectivity index (χ0) is 14.0. The van der Waals surface area contributed by atoms with Crippen LogP contribution < -0.4 is 10.5 Å². The Labute approximate surface area is 116 Å². The van der Waals surface area contributed by atoms with Gasteiger partial charge in [0.2, 0.25) is 15.9 Å². The lowest BCUT2D eigenvalue weighted by Gasteiger charge is -2.13. The molecule has 0 aliphatic carbocycles. The minimum Gasteiger partial charge on any atom is -0.368 e. The van der Waals surface area contributed by atoms with Gasteiger partial charge in [-0.3, -0.25) is 4.79 Å². The molecule has 0 aromatic carbocycles. The number of nitrogens with two attached hydrogens (primary N) is 1. The number of carbonyl (C=O) groups is 1. The second-order valence-electron chi connectivity index (χ2n) is 4.54. The van der Waals surface area contributed by atoms with Crippen molar-refractivity contribution in [1.82, 2.24) is 5.32 Å². The Bertz CT molecular complexity index is 567. The normalized spacial score (nSPS) is 23.5. The van der Waals surface area contributed by atoms with E-state index in [-0.39, 0.29) is 22.6 Å². The molecule has 1 aromatic heterocycles. The molecule has 3 N–H and O–H groups in total. The lowest BCUT2D eigenvalue weighted by atomic mass is 10.0. The molecule has 0 spiro atoms. The predicted molar refractivity (Wildman–Crippen MR) is 71.1 cm³/mol. The van der Waals surface area contributed by atoms with Crippen molar-refractivity contribution < 1.29 is 17.9 Å². The number of primary sulfonamides is 1. The van der Waals surface area contributed by atoms with Gasteiger partial charge in [-0.2, -0.15) is 0 Å². The quantitative estimate of drug-likeness (QED) is 0.843. The Morgan fingerprint density at radius 1 is 1.58 bits per heavy atom. The first-order valence-corrected chi connectivity index (χ1v) is 8.25. The largest absolute Gasteiger partial charge is 0.368 e. The number of hydrogen-bond donors (Lipinski definition) is 2. The van der Waals surface area contributed by atoms with Crippen molar-refractivity contribution in [2.24, 2.45) is 11.1 Å². The maximum absolute atomic E-state index is 11.9. The van der Waals surface area contributed by atoms with Gasteiger partial charge < -0.3 is 10.1 Å². The monoisotopic (exact) mass is 304 g/mol. The van der Waals surface area contributed by atoms with Crippen LogP contribution in [0.1, 0.15) is 18.2 Å². The van der Waals surface area contributed by atoms with Crippen molar-refractivity contribution in [3.05, 3.63) is 17.0 Å². The summed E-state index contributed by atoms with van der Waals surface area (Å²) in [4.78, 5) is 12.6. The van der Waals surface area contributed by atoms with Crippen LogP contribution in [-0.2, 0) is 26.1 Å². The van der Waals surface area contributed by atoms with Crippen LogP contribution in [0, 0.1) is 5.92 Å². The summed E-state index contributed by atoms with van der Waals surface area (Å²) in [7, 11) is -3.66. The van der Waals surface area contributed by atoms with E-state index in [4.69, 9.17) is 9.88 Å². The highest BCUT2D eigenvalue weighted by molar-refractivity contribution is 7.91. The molecule has 19 heavy (non-hydrogen) atoms. The third-order valence-corrected chi connectivity index (χ3v) is 5.52. The van der Waals surface area contributed by atoms with Crippen LogP contribution in [0.15, 0.2) is 16.3 Å². The van der Waals surface area contributed by atoms with Gasteiger partial charge >= 0.3 is 0 Å². The SMILES string of the molecule is CC1CCOC1C(=O)NCc1ccc(S(N)(=O)=O)s1. The molecular formula is C11H16N2O4S2. The van der Waals surface area contributed by atoms with E-state index in [9.17, 15) is 13.2 Å². The van der Waals surface area contributed by atoms with E-state index in [1.165, 1.54) is 6.07 Å². The number of sulfonamides is 1. The topological polar surface area (TPSA) is 98.5 Å². The van der Waals surface area contributed by atoms with Crippen molar-refractivity contribution >= 4 is 27.3 Å². The smallest absolute Gasteiger partial charge is 0.249 e. The maximum Gasteiger partial charge on any atom is 0.249 e. The van der Waals surface area contributed by atoms with Crippen LogP contribution in [-0.4, -0.2) is 27.0 Å². The van der Waals surface area contributed by atoms with Gasteiger partial charge in [0.15, 0.2) is 0 Å². The van der Waals surface area contributed by atoms with Crippen molar-refractivity contribution in [2.45, 2.75) is 30.2 Å². The zero-order valence-corrected chi connectivity index (χ0v) is 12.1. The van der Waals surface area contributed by atoms with E-state index in [0.717, 1.165) is 22.6 Å². The molecule has 2 heterocycles. The Balaban J connectivity index is 1.92. The van der Waals surface area contributed by atoms with Gasteiger partial charge in [-0.05, 0) is 24.5 Å². The van der Waals surface area contributed by atoms with E-state index in [1.807, 2.05) is 6.92 Å². The number of hydrogen-bond acceptors (Lipinski definition) is 5. The summed E-state index contributed by atoms with van der Waals surface area (Å²) in [5.41, 5.74) is 0. The summed E-state index contributed by atoms with van der Waals surface area (Å²) in [5, 5.41) is 7.77. The molecule has 1 fully saturated rings. The van der Waals surface area contributed by atoms with E-state index in [2.05, 4.69) is 5.32 Å². The fraction of sp³-hybridized carbons (Fsp3) is 0.545. The number of amides is 1. The second-order valence-corrected chi connectivity index (χ2v) is 7.50. The molecule has 1 aliphatic heterocycles. The van der Waals surface area contributed by atoms with Gasteiger partial charge in [0, 0.05) is 11.5 Å². The molecule has 1 saturated heterocycles. The van der Waals surface area contributed by atoms with Crippen LogP contribution in [0.25, 0.3) is 0 Å². The molecule has 0 radical (unpaired) electrons. The Morgan fingerprint density at radius 3 is 2.84 bits per heavy atom. The molecule has 0 saturated carbocycles. The number of rotatable bonds is 4. The third-order valence-electron chi connectivity index (χ3n) is 3.00. The summed E-state index contributed by atoms with van der Waals surface area (Å²) < 4.78 is 27.7. The fourth-order valence-electron chi connectivity index (χ4n) is 1.91. The van der Waals surface area contributed by atoms with Crippen LogP contribution in [0.4, 0.5) is 0 Å². The van der Waals surface area contributed by atoms with Gasteiger partial charge in [-0.15, -0.1) is 11.3 Å². The predicted octanol–water partition coefficient (Wildman–Crippen LogP) is 0.437. The molecule has 1 aliphatic rings. The first kappa shape index (κ1) is 14.4. The molecular weight excluding hydrogens is 288 g/mol. The van der Waals surface area contributed by atoms with Gasteiger partial charge in [0.25, 0.3) is 0 Å². The number of nitrogens with one attached hydrogen (secondary N) is 1. The first-order valence-electron chi connectivity index (χ1n) is 5.89. The third kappa shape index (κ3) is 3.53.